The lowest BCUT2D eigenvalue weighted by Gasteiger charge is -2.50. The summed E-state index contributed by atoms with van der Waals surface area (Å²) in [5.41, 5.74) is 0. The van der Waals surface area contributed by atoms with E-state index in [4.69, 9.17) is 42.6 Å². The maximum atomic E-state index is 12.4. The number of hydrogen-bond acceptors (Lipinski definition) is 26. The van der Waals surface area contributed by atoms with E-state index in [-0.39, 0.29) is 0 Å². The van der Waals surface area contributed by atoms with E-state index in [1.165, 1.54) is 0 Å². The van der Waals surface area contributed by atoms with Crippen LogP contribution in [0, 0.1) is 0 Å². The first-order valence-electron chi connectivity index (χ1n) is 19.6. The van der Waals surface area contributed by atoms with Crippen LogP contribution in [0.2, 0.25) is 0 Å². The standard InChI is InChI=1S/C34H58N2O26/c1-8(41)35-15-20(46)27(12(5-39)55-30(15)53)60-31-16(36-9(2)42)21(47)28(13(6-40)58-31)61-34-26(52)29(62-33-25(51)23(49)18(44)11(4-38)57-33)19(45)14(59-34)7-54-32-24(50)22(48)17(43)10(3-37)56-32/h10-34,37-40,43-53H,3-7H2,1-2H3,(H,35,41)(H,36,42)/t10-,11-,12-,13-,14-,15-,16-,17-,18-,19-,20-,21-,22+,23+,24+,25+,26+,27-,28-,29+,30-,31?,32?,33?,34?/m1/s1. The van der Waals surface area contributed by atoms with Gasteiger partial charge in [-0.15, -0.1) is 0 Å². The summed E-state index contributed by atoms with van der Waals surface area (Å²) in [7, 11) is 0. The van der Waals surface area contributed by atoms with Crippen molar-refractivity contribution in [3.05, 3.63) is 0 Å². The molecule has 25 atom stereocenters. The summed E-state index contributed by atoms with van der Waals surface area (Å²) in [5, 5.41) is 163. The van der Waals surface area contributed by atoms with Crippen LogP contribution < -0.4 is 10.6 Å². The van der Waals surface area contributed by atoms with Crippen molar-refractivity contribution in [2.24, 2.45) is 0 Å². The van der Waals surface area contributed by atoms with E-state index in [9.17, 15) is 86.2 Å². The molecule has 0 radical (unpaired) electrons. The molecule has 0 aliphatic carbocycles. The van der Waals surface area contributed by atoms with E-state index in [1.807, 2.05) is 0 Å². The minimum Gasteiger partial charge on any atom is -0.394 e. The molecule has 4 unspecified atom stereocenters. The van der Waals surface area contributed by atoms with Crippen LogP contribution in [0.15, 0.2) is 0 Å². The van der Waals surface area contributed by atoms with Crippen LogP contribution in [0.3, 0.4) is 0 Å². The van der Waals surface area contributed by atoms with Crippen LogP contribution in [0.1, 0.15) is 13.8 Å². The zero-order chi connectivity index (χ0) is 45.9. The van der Waals surface area contributed by atoms with Gasteiger partial charge in [0.25, 0.3) is 0 Å². The maximum Gasteiger partial charge on any atom is 0.217 e. The first-order valence-corrected chi connectivity index (χ1v) is 19.6. The van der Waals surface area contributed by atoms with Gasteiger partial charge in [-0.3, -0.25) is 9.59 Å². The number of nitrogens with one attached hydrogen (secondary N) is 2. The molecule has 0 aromatic rings. The second-order valence-electron chi connectivity index (χ2n) is 15.5. The van der Waals surface area contributed by atoms with E-state index in [2.05, 4.69) is 10.6 Å². The monoisotopic (exact) mass is 910 g/mol. The van der Waals surface area contributed by atoms with Crippen molar-refractivity contribution in [2.45, 2.75) is 167 Å². The third kappa shape index (κ3) is 11.0. The molecule has 28 heteroatoms. The Labute approximate surface area is 351 Å². The van der Waals surface area contributed by atoms with Gasteiger partial charge in [0.05, 0.1) is 33.0 Å². The fraction of sp³-hybridized carbons (Fsp3) is 0.941. The van der Waals surface area contributed by atoms with Gasteiger partial charge in [0.15, 0.2) is 31.5 Å². The van der Waals surface area contributed by atoms with Gasteiger partial charge in [0, 0.05) is 13.8 Å². The van der Waals surface area contributed by atoms with Crippen molar-refractivity contribution in [1.29, 1.82) is 0 Å². The van der Waals surface area contributed by atoms with E-state index in [1.54, 1.807) is 0 Å². The summed E-state index contributed by atoms with van der Waals surface area (Å²) in [6.07, 6.45) is -42.3. The number of carbonyl (C=O) groups excluding carboxylic acids is 2. The van der Waals surface area contributed by atoms with Crippen LogP contribution in [0.5, 0.6) is 0 Å². The average Bonchev–Trinajstić information content (AvgIpc) is 3.23. The molecule has 5 saturated heterocycles. The molecule has 0 saturated carbocycles. The van der Waals surface area contributed by atoms with Gasteiger partial charge < -0.3 is 130 Å². The van der Waals surface area contributed by atoms with Gasteiger partial charge in [0.2, 0.25) is 11.8 Å². The molecule has 0 bridgehead atoms. The Kier molecular flexibility index (Phi) is 18.1. The SMILES string of the molecule is CC(=O)N[C@@H]1[C@@H](O)[C@H](OC2O[C@H](CO)[C@@H](OC3O[C@H](COC4O[C@H](CO)[C@@H](O)[C@H](O)[C@@H]4O)[C@@H](O)[C@H](OC4O[C@H](CO)[C@@H](O)[C@H](O)[C@@H]4O)[C@@H]3O)[C@H](O)[C@H]2NC(C)=O)[C@@H](CO)O[C@H]1O. The highest BCUT2D eigenvalue weighted by Gasteiger charge is 2.56. The van der Waals surface area contributed by atoms with Gasteiger partial charge in [-0.2, -0.15) is 0 Å². The number of rotatable bonds is 15. The molecule has 5 aliphatic rings. The molecule has 2 amide bonds. The topological polar surface area (TPSA) is 445 Å². The zero-order valence-corrected chi connectivity index (χ0v) is 33.2. The highest BCUT2D eigenvalue weighted by Crippen LogP contribution is 2.35. The third-order valence-corrected chi connectivity index (χ3v) is 11.1. The highest BCUT2D eigenvalue weighted by atomic mass is 16.8. The normalized spacial score (nSPS) is 49.0. The average molecular weight is 911 g/mol. The summed E-state index contributed by atoms with van der Waals surface area (Å²) in [4.78, 5) is 24.2. The lowest BCUT2D eigenvalue weighted by Crippen LogP contribution is -2.70. The van der Waals surface area contributed by atoms with Gasteiger partial charge in [-0.25, -0.2) is 0 Å². The Morgan fingerprint density at radius 3 is 1.35 bits per heavy atom. The van der Waals surface area contributed by atoms with Crippen LogP contribution in [0.4, 0.5) is 0 Å². The van der Waals surface area contributed by atoms with Crippen molar-refractivity contribution in [3.8, 4) is 0 Å². The number of aliphatic hydroxyl groups is 15. The summed E-state index contributed by atoms with van der Waals surface area (Å²) in [6.45, 7) is -2.31. The smallest absolute Gasteiger partial charge is 0.217 e. The van der Waals surface area contributed by atoms with Gasteiger partial charge in [-0.1, -0.05) is 0 Å². The fourth-order valence-electron chi connectivity index (χ4n) is 7.73. The largest absolute Gasteiger partial charge is 0.394 e. The Balaban J connectivity index is 1.41. The van der Waals surface area contributed by atoms with Gasteiger partial charge in [-0.05, 0) is 0 Å². The van der Waals surface area contributed by atoms with Gasteiger partial charge in [0.1, 0.15) is 122 Å². The number of carbonyl (C=O) groups is 2. The molecule has 5 rings (SSSR count). The van der Waals surface area contributed by atoms with Crippen molar-refractivity contribution >= 4 is 11.8 Å². The zero-order valence-electron chi connectivity index (χ0n) is 33.2. The Morgan fingerprint density at radius 2 is 0.823 bits per heavy atom. The van der Waals surface area contributed by atoms with Crippen LogP contribution in [-0.4, -0.2) is 275 Å². The number of ether oxygens (including phenoxy) is 9. The Bertz CT molecular complexity index is 1440. The minimum atomic E-state index is -2.18. The predicted molar refractivity (Wildman–Crippen MR) is 190 cm³/mol. The van der Waals surface area contributed by atoms with E-state index >= 15 is 0 Å². The Hall–Kier alpha value is -2.02. The van der Waals surface area contributed by atoms with Gasteiger partial charge >= 0.3 is 0 Å². The molecule has 0 aromatic carbocycles. The molecule has 360 valence electrons. The lowest BCUT2D eigenvalue weighted by molar-refractivity contribution is -0.384. The van der Waals surface area contributed by atoms with E-state index in [0.717, 1.165) is 13.8 Å². The van der Waals surface area contributed by atoms with E-state index in [0.29, 0.717) is 0 Å². The lowest BCUT2D eigenvalue weighted by atomic mass is 9.94. The maximum absolute atomic E-state index is 12.4. The molecular weight excluding hydrogens is 852 g/mol. The van der Waals surface area contributed by atoms with Crippen molar-refractivity contribution < 1.29 is 129 Å². The van der Waals surface area contributed by atoms with Crippen LogP contribution >= 0.6 is 0 Å². The second kappa shape index (κ2) is 22.0. The number of amides is 2. The van der Waals surface area contributed by atoms with Crippen molar-refractivity contribution in [1.82, 2.24) is 10.6 Å². The van der Waals surface area contributed by atoms with E-state index < -0.39 is 198 Å². The van der Waals surface area contributed by atoms with Crippen LogP contribution in [-0.2, 0) is 52.2 Å². The van der Waals surface area contributed by atoms with Crippen LogP contribution in [0.25, 0.3) is 0 Å². The molecule has 28 nitrogen and oxygen atoms in total. The Morgan fingerprint density at radius 1 is 0.419 bits per heavy atom. The summed E-state index contributed by atoms with van der Waals surface area (Å²) in [5.74, 6) is -1.49. The predicted octanol–water partition coefficient (Wildman–Crippen LogP) is -11.6. The first-order chi connectivity index (χ1) is 29.3. The first kappa shape index (κ1) is 51.0. The summed E-state index contributed by atoms with van der Waals surface area (Å²) >= 11 is 0. The molecule has 0 aromatic heterocycles. The quantitative estimate of drug-likeness (QED) is 0.0725. The molecular formula is C34H58N2O26. The molecule has 5 heterocycles. The second-order valence-corrected chi connectivity index (χ2v) is 15.5. The minimum absolute atomic E-state index is 0.693. The molecule has 17 N–H and O–H groups in total. The number of aliphatic hydroxyl groups excluding tert-OH is 15. The summed E-state index contributed by atoms with van der Waals surface area (Å²) in [6, 6.07) is -3.19. The molecule has 62 heavy (non-hydrogen) atoms. The summed E-state index contributed by atoms with van der Waals surface area (Å²) < 4.78 is 50.8. The highest BCUT2D eigenvalue weighted by molar-refractivity contribution is 5.73. The molecule has 5 aliphatic heterocycles. The van der Waals surface area contributed by atoms with Crippen molar-refractivity contribution in [3.63, 3.8) is 0 Å². The molecule has 5 fully saturated rings. The molecule has 0 spiro atoms. The third-order valence-electron chi connectivity index (χ3n) is 11.1. The number of hydrogen-bond donors (Lipinski definition) is 17. The van der Waals surface area contributed by atoms with Crippen molar-refractivity contribution in [2.75, 3.05) is 33.0 Å². The fourth-order valence-corrected chi connectivity index (χ4v) is 7.73.